The number of nitrogens with zero attached hydrogens (tertiary/aromatic N) is 2. The highest BCUT2D eigenvalue weighted by Gasteiger charge is 2.36. The first-order chi connectivity index (χ1) is 13.7. The fourth-order valence-electron chi connectivity index (χ4n) is 3.24. The van der Waals surface area contributed by atoms with Crippen LogP contribution in [0.25, 0.3) is 11.0 Å². The van der Waals surface area contributed by atoms with Crippen molar-refractivity contribution in [2.45, 2.75) is 12.5 Å². The Morgan fingerprint density at radius 1 is 1.25 bits per heavy atom. The summed E-state index contributed by atoms with van der Waals surface area (Å²) >= 11 is 0. The van der Waals surface area contributed by atoms with E-state index in [-0.39, 0.29) is 30.9 Å². The first kappa shape index (κ1) is 18.0. The van der Waals surface area contributed by atoms with Crippen molar-refractivity contribution in [3.63, 3.8) is 0 Å². The summed E-state index contributed by atoms with van der Waals surface area (Å²) in [5.41, 5.74) is 1.47. The van der Waals surface area contributed by atoms with Crippen LogP contribution in [-0.4, -0.2) is 42.7 Å². The number of furan rings is 2. The molecule has 0 aliphatic carbocycles. The summed E-state index contributed by atoms with van der Waals surface area (Å²) < 4.78 is 11.4. The molecule has 3 N–H and O–H groups in total. The summed E-state index contributed by atoms with van der Waals surface area (Å²) in [6.45, 7) is 0.295. The SMILES string of the molecule is CNC(=O)C[NH2+]CC(=O)N1N=C(c2cc3ccccc3o2)C[C@@H]1c1ccco1. The molecule has 2 amide bonds. The Bertz CT molecular complexity index is 989. The van der Waals surface area contributed by atoms with Gasteiger partial charge in [-0.3, -0.25) is 9.59 Å². The molecule has 1 aliphatic heterocycles. The number of rotatable bonds is 6. The fraction of sp³-hybridized carbons (Fsp3) is 0.250. The van der Waals surface area contributed by atoms with Crippen molar-refractivity contribution < 1.29 is 23.7 Å². The molecule has 8 heteroatoms. The van der Waals surface area contributed by atoms with Crippen molar-refractivity contribution in [2.24, 2.45) is 5.10 Å². The van der Waals surface area contributed by atoms with E-state index in [0.717, 1.165) is 11.0 Å². The predicted molar refractivity (Wildman–Crippen MR) is 101 cm³/mol. The smallest absolute Gasteiger partial charge is 0.298 e. The van der Waals surface area contributed by atoms with E-state index in [0.29, 0.717) is 23.7 Å². The number of likely N-dealkylation sites (N-methyl/N-ethyl adjacent to an activating group) is 1. The molecule has 0 fully saturated rings. The number of nitrogens with two attached hydrogens (primary N) is 1. The van der Waals surface area contributed by atoms with Crippen LogP contribution in [0, 0.1) is 0 Å². The largest absolute Gasteiger partial charge is 0.467 e. The van der Waals surface area contributed by atoms with Crippen molar-refractivity contribution in [3.8, 4) is 0 Å². The fourth-order valence-corrected chi connectivity index (χ4v) is 3.24. The summed E-state index contributed by atoms with van der Waals surface area (Å²) in [4.78, 5) is 24.1. The minimum atomic E-state index is -0.334. The summed E-state index contributed by atoms with van der Waals surface area (Å²) in [5.74, 6) is 0.969. The van der Waals surface area contributed by atoms with Crippen molar-refractivity contribution in [1.82, 2.24) is 10.3 Å². The lowest BCUT2D eigenvalue weighted by molar-refractivity contribution is -0.633. The molecule has 2 aromatic heterocycles. The maximum Gasteiger partial charge on any atom is 0.298 e. The zero-order valence-corrected chi connectivity index (χ0v) is 15.4. The minimum absolute atomic E-state index is 0.113. The van der Waals surface area contributed by atoms with Crippen LogP contribution >= 0.6 is 0 Å². The Morgan fingerprint density at radius 3 is 2.86 bits per heavy atom. The van der Waals surface area contributed by atoms with Gasteiger partial charge in [-0.2, -0.15) is 5.10 Å². The van der Waals surface area contributed by atoms with Crippen molar-refractivity contribution >= 4 is 28.5 Å². The Balaban J connectivity index is 1.57. The van der Waals surface area contributed by atoms with Gasteiger partial charge in [0.2, 0.25) is 0 Å². The molecule has 0 saturated carbocycles. The molecule has 3 heterocycles. The Labute approximate surface area is 161 Å². The lowest BCUT2D eigenvalue weighted by atomic mass is 10.1. The average Bonchev–Trinajstić information content (AvgIpc) is 3.45. The third-order valence-electron chi connectivity index (χ3n) is 4.67. The number of carbonyl (C=O) groups is 2. The van der Waals surface area contributed by atoms with E-state index < -0.39 is 0 Å². The van der Waals surface area contributed by atoms with Gasteiger partial charge in [0.1, 0.15) is 23.1 Å². The van der Waals surface area contributed by atoms with Crippen LogP contribution in [0.1, 0.15) is 24.0 Å². The maximum absolute atomic E-state index is 12.8. The first-order valence-corrected chi connectivity index (χ1v) is 9.10. The third-order valence-corrected chi connectivity index (χ3v) is 4.67. The second-order valence-electron chi connectivity index (χ2n) is 6.54. The molecule has 1 aliphatic rings. The molecule has 0 spiro atoms. The molecule has 0 radical (unpaired) electrons. The van der Waals surface area contributed by atoms with Crippen LogP contribution in [0.5, 0.6) is 0 Å². The van der Waals surface area contributed by atoms with Gasteiger partial charge in [-0.05, 0) is 24.3 Å². The summed E-state index contributed by atoms with van der Waals surface area (Å²) in [6.07, 6.45) is 2.07. The molecular weight excluding hydrogens is 360 g/mol. The molecule has 144 valence electrons. The monoisotopic (exact) mass is 381 g/mol. The lowest BCUT2D eigenvalue weighted by Gasteiger charge is -2.18. The van der Waals surface area contributed by atoms with Gasteiger partial charge in [-0.25, -0.2) is 5.01 Å². The molecule has 8 nitrogen and oxygen atoms in total. The van der Waals surface area contributed by atoms with Crippen molar-refractivity contribution in [2.75, 3.05) is 20.1 Å². The molecular formula is C20H21N4O4+. The number of para-hydroxylation sites is 1. The Morgan fingerprint density at radius 2 is 2.11 bits per heavy atom. The number of quaternary nitrogens is 1. The minimum Gasteiger partial charge on any atom is -0.467 e. The molecule has 0 bridgehead atoms. The normalized spacial score (nSPS) is 16.4. The van der Waals surface area contributed by atoms with E-state index in [9.17, 15) is 9.59 Å². The van der Waals surface area contributed by atoms with E-state index in [1.807, 2.05) is 36.4 Å². The van der Waals surface area contributed by atoms with Crippen molar-refractivity contribution in [3.05, 3.63) is 60.2 Å². The van der Waals surface area contributed by atoms with Gasteiger partial charge in [-0.15, -0.1) is 0 Å². The summed E-state index contributed by atoms with van der Waals surface area (Å²) in [7, 11) is 1.56. The maximum atomic E-state index is 12.8. The molecule has 1 atom stereocenters. The number of benzene rings is 1. The second-order valence-corrected chi connectivity index (χ2v) is 6.54. The van der Waals surface area contributed by atoms with Gasteiger partial charge in [0.25, 0.3) is 11.8 Å². The second kappa shape index (κ2) is 7.69. The average molecular weight is 381 g/mol. The number of hydrazone groups is 1. The number of amides is 2. The Kier molecular flexibility index (Phi) is 4.94. The molecule has 0 unspecified atom stereocenters. The van der Waals surface area contributed by atoms with Crippen LogP contribution in [-0.2, 0) is 9.59 Å². The molecule has 0 saturated heterocycles. The first-order valence-electron chi connectivity index (χ1n) is 9.10. The zero-order valence-electron chi connectivity index (χ0n) is 15.4. The summed E-state index contributed by atoms with van der Waals surface area (Å²) in [6, 6.07) is 12.9. The highest BCUT2D eigenvalue weighted by Crippen LogP contribution is 2.34. The molecule has 4 rings (SSSR count). The van der Waals surface area contributed by atoms with Crippen LogP contribution in [0.2, 0.25) is 0 Å². The van der Waals surface area contributed by atoms with Gasteiger partial charge >= 0.3 is 0 Å². The van der Waals surface area contributed by atoms with Crippen LogP contribution in [0.3, 0.4) is 0 Å². The molecule has 1 aromatic carbocycles. The quantitative estimate of drug-likeness (QED) is 0.665. The highest BCUT2D eigenvalue weighted by molar-refractivity contribution is 6.03. The van der Waals surface area contributed by atoms with Crippen LogP contribution < -0.4 is 10.6 Å². The zero-order chi connectivity index (χ0) is 19.5. The number of carbonyl (C=O) groups excluding carboxylic acids is 2. The van der Waals surface area contributed by atoms with Gasteiger partial charge in [-0.1, -0.05) is 18.2 Å². The van der Waals surface area contributed by atoms with Crippen LogP contribution in [0.15, 0.2) is 62.7 Å². The molecule has 28 heavy (non-hydrogen) atoms. The van der Waals surface area contributed by atoms with Gasteiger partial charge in [0.05, 0.1) is 6.26 Å². The third kappa shape index (κ3) is 3.54. The van der Waals surface area contributed by atoms with Crippen molar-refractivity contribution in [1.29, 1.82) is 0 Å². The van der Waals surface area contributed by atoms with Gasteiger partial charge in [0, 0.05) is 18.9 Å². The highest BCUT2D eigenvalue weighted by atomic mass is 16.3. The standard InChI is InChI=1S/C20H20N4O4/c1-21-19(25)11-22-12-20(26)24-15(17-7-4-8-27-17)10-14(23-24)18-9-13-5-2-3-6-16(13)28-18/h2-9,15,22H,10-12H2,1H3,(H,21,25)/p+1/t15-/m1/s1. The van der Waals surface area contributed by atoms with E-state index in [4.69, 9.17) is 8.83 Å². The van der Waals surface area contributed by atoms with Crippen LogP contribution in [0.4, 0.5) is 0 Å². The number of hydrogen-bond donors (Lipinski definition) is 2. The predicted octanol–water partition coefficient (Wildman–Crippen LogP) is 1.01. The number of hydrogen-bond acceptors (Lipinski definition) is 5. The van der Waals surface area contributed by atoms with Gasteiger partial charge < -0.3 is 19.5 Å². The van der Waals surface area contributed by atoms with Gasteiger partial charge in [0.15, 0.2) is 18.8 Å². The number of nitrogens with one attached hydrogen (secondary N) is 1. The van der Waals surface area contributed by atoms with E-state index in [1.54, 1.807) is 24.7 Å². The Hall–Kier alpha value is -3.39. The van der Waals surface area contributed by atoms with E-state index >= 15 is 0 Å². The summed E-state index contributed by atoms with van der Waals surface area (Å²) in [5, 5.41) is 11.1. The topological polar surface area (TPSA) is 105 Å². The van der Waals surface area contributed by atoms with E-state index in [1.165, 1.54) is 5.01 Å². The lowest BCUT2D eigenvalue weighted by Crippen LogP contribution is -2.88. The van der Waals surface area contributed by atoms with E-state index in [2.05, 4.69) is 10.4 Å². The number of fused-ring (bicyclic) bond motifs is 1. The molecule has 3 aromatic rings.